The van der Waals surface area contributed by atoms with Gasteiger partial charge >= 0.3 is 0 Å². The van der Waals surface area contributed by atoms with Crippen molar-refractivity contribution in [2.75, 3.05) is 7.11 Å². The van der Waals surface area contributed by atoms with Crippen LogP contribution in [0.4, 0.5) is 0 Å². The molecule has 0 aliphatic heterocycles. The number of amides is 2. The van der Waals surface area contributed by atoms with Crippen molar-refractivity contribution in [2.24, 2.45) is 0 Å². The molecule has 0 aliphatic carbocycles. The molecule has 0 heterocycles. The molecular formula is C22H27ClN2O3. The lowest BCUT2D eigenvalue weighted by molar-refractivity contribution is -0.140. The quantitative estimate of drug-likeness (QED) is 0.729. The van der Waals surface area contributed by atoms with E-state index in [1.807, 2.05) is 50.2 Å². The molecule has 0 fully saturated rings. The van der Waals surface area contributed by atoms with Gasteiger partial charge in [-0.3, -0.25) is 9.59 Å². The fourth-order valence-corrected chi connectivity index (χ4v) is 2.92. The molecule has 2 aromatic carbocycles. The van der Waals surface area contributed by atoms with Crippen molar-refractivity contribution in [3.05, 3.63) is 64.7 Å². The van der Waals surface area contributed by atoms with E-state index in [0.717, 1.165) is 16.9 Å². The van der Waals surface area contributed by atoms with Gasteiger partial charge in [-0.25, -0.2) is 0 Å². The van der Waals surface area contributed by atoms with Crippen molar-refractivity contribution in [3.8, 4) is 5.75 Å². The van der Waals surface area contributed by atoms with Crippen molar-refractivity contribution >= 4 is 23.4 Å². The van der Waals surface area contributed by atoms with Crippen LogP contribution in [0.2, 0.25) is 5.02 Å². The van der Waals surface area contributed by atoms with Crippen molar-refractivity contribution in [1.82, 2.24) is 10.2 Å². The molecule has 0 unspecified atom stereocenters. The zero-order valence-corrected chi connectivity index (χ0v) is 17.5. The summed E-state index contributed by atoms with van der Waals surface area (Å²) in [6, 6.07) is 14.1. The summed E-state index contributed by atoms with van der Waals surface area (Å²) in [4.78, 5) is 27.2. The highest BCUT2D eigenvalue weighted by Gasteiger charge is 2.26. The molecule has 0 saturated carbocycles. The van der Waals surface area contributed by atoms with Crippen LogP contribution in [0.3, 0.4) is 0 Å². The van der Waals surface area contributed by atoms with Gasteiger partial charge in [-0.05, 0) is 56.2 Å². The topological polar surface area (TPSA) is 58.6 Å². The molecule has 2 rings (SSSR count). The maximum Gasteiger partial charge on any atom is 0.242 e. The van der Waals surface area contributed by atoms with Crippen LogP contribution in [-0.2, 0) is 22.6 Å². The number of carbonyl (C=O) groups excluding carboxylic acids is 2. The summed E-state index contributed by atoms with van der Waals surface area (Å²) in [5.74, 6) is 0.442. The molecule has 0 aromatic heterocycles. The second kappa shape index (κ2) is 10.1. The van der Waals surface area contributed by atoms with E-state index in [2.05, 4.69) is 5.32 Å². The van der Waals surface area contributed by atoms with Crippen LogP contribution in [0.15, 0.2) is 48.5 Å². The van der Waals surface area contributed by atoms with Gasteiger partial charge in [-0.1, -0.05) is 35.9 Å². The first kappa shape index (κ1) is 21.8. The average molecular weight is 403 g/mol. The smallest absolute Gasteiger partial charge is 0.242 e. The Balaban J connectivity index is 2.20. The van der Waals surface area contributed by atoms with E-state index in [0.29, 0.717) is 11.6 Å². The summed E-state index contributed by atoms with van der Waals surface area (Å²) >= 11 is 5.96. The van der Waals surface area contributed by atoms with Crippen LogP contribution in [0.5, 0.6) is 5.75 Å². The minimum Gasteiger partial charge on any atom is -0.497 e. The van der Waals surface area contributed by atoms with Crippen LogP contribution in [-0.4, -0.2) is 35.9 Å². The largest absolute Gasteiger partial charge is 0.497 e. The summed E-state index contributed by atoms with van der Waals surface area (Å²) < 4.78 is 5.16. The molecule has 28 heavy (non-hydrogen) atoms. The molecule has 0 radical (unpaired) electrons. The number of nitrogens with zero attached hydrogens (tertiary/aromatic N) is 1. The van der Waals surface area contributed by atoms with E-state index in [4.69, 9.17) is 16.3 Å². The Morgan fingerprint density at radius 2 is 1.57 bits per heavy atom. The van der Waals surface area contributed by atoms with E-state index in [-0.39, 0.29) is 24.3 Å². The van der Waals surface area contributed by atoms with Crippen LogP contribution in [0.1, 0.15) is 31.9 Å². The predicted molar refractivity (Wildman–Crippen MR) is 111 cm³/mol. The van der Waals surface area contributed by atoms with Gasteiger partial charge < -0.3 is 15.0 Å². The van der Waals surface area contributed by atoms with Crippen LogP contribution >= 0.6 is 11.6 Å². The molecule has 6 heteroatoms. The second-order valence-corrected chi connectivity index (χ2v) is 7.45. The molecule has 150 valence electrons. The zero-order chi connectivity index (χ0) is 20.7. The number of carbonyl (C=O) groups is 2. The Hall–Kier alpha value is -2.53. The van der Waals surface area contributed by atoms with Crippen molar-refractivity contribution < 1.29 is 14.3 Å². The van der Waals surface area contributed by atoms with Gasteiger partial charge in [-0.15, -0.1) is 0 Å². The molecule has 2 amide bonds. The summed E-state index contributed by atoms with van der Waals surface area (Å²) in [7, 11) is 1.60. The highest BCUT2D eigenvalue weighted by Crippen LogP contribution is 2.17. The number of hydrogen-bond donors (Lipinski definition) is 1. The number of hydrogen-bond acceptors (Lipinski definition) is 3. The number of benzene rings is 2. The zero-order valence-electron chi connectivity index (χ0n) is 16.7. The van der Waals surface area contributed by atoms with Crippen LogP contribution in [0, 0.1) is 0 Å². The molecule has 1 N–H and O–H groups in total. The Bertz CT molecular complexity index is 788. The third-order valence-electron chi connectivity index (χ3n) is 4.38. The molecule has 0 bridgehead atoms. The highest BCUT2D eigenvalue weighted by atomic mass is 35.5. The monoisotopic (exact) mass is 402 g/mol. The maximum atomic E-state index is 13.1. The van der Waals surface area contributed by atoms with Crippen molar-refractivity contribution in [2.45, 2.75) is 45.8 Å². The Kier molecular flexibility index (Phi) is 7.88. The van der Waals surface area contributed by atoms with Crippen molar-refractivity contribution in [3.63, 3.8) is 0 Å². The van der Waals surface area contributed by atoms with E-state index in [9.17, 15) is 9.59 Å². The summed E-state index contributed by atoms with van der Waals surface area (Å²) in [6.07, 6.45) is 0.205. The Morgan fingerprint density at radius 1 is 1.00 bits per heavy atom. The van der Waals surface area contributed by atoms with E-state index >= 15 is 0 Å². The van der Waals surface area contributed by atoms with E-state index in [1.54, 1.807) is 31.1 Å². The average Bonchev–Trinajstić information content (AvgIpc) is 2.67. The number of ether oxygens (including phenoxy) is 1. The van der Waals surface area contributed by atoms with E-state index < -0.39 is 6.04 Å². The number of rotatable bonds is 8. The predicted octanol–water partition coefficient (Wildman–Crippen LogP) is 3.83. The van der Waals surface area contributed by atoms with E-state index in [1.165, 1.54) is 0 Å². The van der Waals surface area contributed by atoms with Gasteiger partial charge in [0, 0.05) is 17.6 Å². The number of halogens is 1. The molecule has 2 aromatic rings. The summed E-state index contributed by atoms with van der Waals surface area (Å²) in [6.45, 7) is 5.87. The first-order valence-corrected chi connectivity index (χ1v) is 9.65. The number of methoxy groups -OCH3 is 1. The van der Waals surface area contributed by atoms with Gasteiger partial charge in [-0.2, -0.15) is 0 Å². The van der Waals surface area contributed by atoms with Gasteiger partial charge in [0.2, 0.25) is 11.8 Å². The lowest BCUT2D eigenvalue weighted by Crippen LogP contribution is -2.49. The van der Waals surface area contributed by atoms with Crippen LogP contribution in [0.25, 0.3) is 0 Å². The lowest BCUT2D eigenvalue weighted by atomic mass is 10.1. The highest BCUT2D eigenvalue weighted by molar-refractivity contribution is 6.30. The molecule has 1 atom stereocenters. The fraction of sp³-hybridized carbons (Fsp3) is 0.364. The van der Waals surface area contributed by atoms with Gasteiger partial charge in [0.15, 0.2) is 0 Å². The standard InChI is InChI=1S/C22H27ClN2O3/c1-15(2)24-22(27)16(3)25(14-18-5-9-19(23)10-6-18)21(26)13-17-7-11-20(28-4)12-8-17/h5-12,15-16H,13-14H2,1-4H3,(H,24,27)/t16-/m0/s1. The molecular weight excluding hydrogens is 376 g/mol. The molecule has 0 spiro atoms. The molecule has 0 aliphatic rings. The second-order valence-electron chi connectivity index (χ2n) is 7.01. The first-order chi connectivity index (χ1) is 13.3. The Morgan fingerprint density at radius 3 is 2.11 bits per heavy atom. The first-order valence-electron chi connectivity index (χ1n) is 9.27. The van der Waals surface area contributed by atoms with Gasteiger partial charge in [0.1, 0.15) is 11.8 Å². The van der Waals surface area contributed by atoms with Gasteiger partial charge in [0.25, 0.3) is 0 Å². The summed E-state index contributed by atoms with van der Waals surface area (Å²) in [5, 5.41) is 3.51. The third-order valence-corrected chi connectivity index (χ3v) is 4.63. The number of nitrogens with one attached hydrogen (secondary N) is 1. The molecule has 0 saturated heterocycles. The van der Waals surface area contributed by atoms with Crippen molar-refractivity contribution in [1.29, 1.82) is 0 Å². The molecule has 5 nitrogen and oxygen atoms in total. The third kappa shape index (κ3) is 6.27. The normalized spacial score (nSPS) is 11.8. The minimum atomic E-state index is -0.594. The van der Waals surface area contributed by atoms with Crippen LogP contribution < -0.4 is 10.1 Å². The minimum absolute atomic E-state index is 0.00372. The maximum absolute atomic E-state index is 13.1. The Labute approximate surface area is 171 Å². The summed E-state index contributed by atoms with van der Waals surface area (Å²) in [5.41, 5.74) is 1.78. The SMILES string of the molecule is COc1ccc(CC(=O)N(Cc2ccc(Cl)cc2)[C@@H](C)C(=O)NC(C)C)cc1. The fourth-order valence-electron chi connectivity index (χ4n) is 2.79. The van der Waals surface area contributed by atoms with Gasteiger partial charge in [0.05, 0.1) is 13.5 Å². The lowest BCUT2D eigenvalue weighted by Gasteiger charge is -2.29.